The summed E-state index contributed by atoms with van der Waals surface area (Å²) in [6.07, 6.45) is -0.148. The van der Waals surface area contributed by atoms with Crippen LogP contribution in [0.1, 0.15) is 34.1 Å². The van der Waals surface area contributed by atoms with Gasteiger partial charge in [-0.2, -0.15) is 18.0 Å². The molecule has 13 heteroatoms. The standard InChI is InChI=1S/C23H26F3N7O3/c1-15-28-30-33(29-15)10-18-9-19(23(24,25)26)5-3-17(18)4-6-22(35)32-8-7-31(12-21(32)13-34)11-20-14-36-16(2)27-20/h3-6,9,14,21,34H,7-8,10-13H2,1-2H3. The third-order valence-electron chi connectivity index (χ3n) is 5.85. The number of tetrazole rings is 1. The van der Waals surface area contributed by atoms with Crippen LogP contribution in [-0.4, -0.2) is 78.3 Å². The summed E-state index contributed by atoms with van der Waals surface area (Å²) in [5.74, 6) is 0.619. The lowest BCUT2D eigenvalue weighted by molar-refractivity contribution is -0.137. The molecule has 3 aromatic rings. The molecule has 0 bridgehead atoms. The molecule has 1 fully saturated rings. The molecule has 4 rings (SSSR count). The second-order valence-electron chi connectivity index (χ2n) is 8.57. The first-order valence-corrected chi connectivity index (χ1v) is 11.3. The van der Waals surface area contributed by atoms with Gasteiger partial charge in [0.2, 0.25) is 5.91 Å². The van der Waals surface area contributed by atoms with Gasteiger partial charge in [-0.25, -0.2) is 4.98 Å². The van der Waals surface area contributed by atoms with Gasteiger partial charge in [-0.1, -0.05) is 6.07 Å². The Morgan fingerprint density at radius 3 is 2.69 bits per heavy atom. The van der Waals surface area contributed by atoms with Gasteiger partial charge in [0.15, 0.2) is 11.7 Å². The van der Waals surface area contributed by atoms with Crippen LogP contribution in [0.2, 0.25) is 0 Å². The van der Waals surface area contributed by atoms with Gasteiger partial charge in [0.25, 0.3) is 0 Å². The van der Waals surface area contributed by atoms with Crippen molar-refractivity contribution in [1.29, 1.82) is 0 Å². The number of amides is 1. The Hall–Kier alpha value is -3.58. The molecule has 1 N–H and O–H groups in total. The number of alkyl halides is 3. The van der Waals surface area contributed by atoms with Crippen LogP contribution in [-0.2, 0) is 24.1 Å². The van der Waals surface area contributed by atoms with Crippen LogP contribution in [0.5, 0.6) is 0 Å². The number of aliphatic hydroxyl groups excluding tert-OH is 1. The van der Waals surface area contributed by atoms with Crippen LogP contribution < -0.4 is 0 Å². The van der Waals surface area contributed by atoms with E-state index < -0.39 is 17.8 Å². The van der Waals surface area contributed by atoms with Crippen molar-refractivity contribution < 1.29 is 27.5 Å². The number of oxazole rings is 1. The number of hydrogen-bond acceptors (Lipinski definition) is 8. The molecule has 1 aliphatic rings. The molecule has 1 aliphatic heterocycles. The van der Waals surface area contributed by atoms with Crippen LogP contribution in [0.3, 0.4) is 0 Å². The van der Waals surface area contributed by atoms with Crippen LogP contribution in [0.4, 0.5) is 13.2 Å². The number of aromatic nitrogens is 5. The van der Waals surface area contributed by atoms with Crippen LogP contribution in [0.15, 0.2) is 35.0 Å². The number of carbonyl (C=O) groups is 1. The zero-order valence-electron chi connectivity index (χ0n) is 19.8. The van der Waals surface area contributed by atoms with E-state index in [0.29, 0.717) is 43.5 Å². The molecular weight excluding hydrogens is 479 g/mol. The van der Waals surface area contributed by atoms with Crippen LogP contribution in [0, 0.1) is 13.8 Å². The molecule has 10 nitrogen and oxygen atoms in total. The third-order valence-corrected chi connectivity index (χ3v) is 5.85. The maximum absolute atomic E-state index is 13.3. The Morgan fingerprint density at radius 1 is 1.25 bits per heavy atom. The summed E-state index contributed by atoms with van der Waals surface area (Å²) >= 11 is 0. The van der Waals surface area contributed by atoms with E-state index in [9.17, 15) is 23.1 Å². The van der Waals surface area contributed by atoms with Crippen molar-refractivity contribution in [2.45, 2.75) is 39.2 Å². The molecule has 1 saturated heterocycles. The first-order valence-electron chi connectivity index (χ1n) is 11.3. The fourth-order valence-electron chi connectivity index (χ4n) is 4.10. The van der Waals surface area contributed by atoms with Crippen LogP contribution in [0.25, 0.3) is 6.08 Å². The van der Waals surface area contributed by atoms with Crippen molar-refractivity contribution in [2.24, 2.45) is 0 Å². The van der Waals surface area contributed by atoms with Gasteiger partial charge in [0, 0.05) is 39.2 Å². The fraction of sp³-hybridized carbons (Fsp3) is 0.435. The highest BCUT2D eigenvalue weighted by molar-refractivity contribution is 5.92. The summed E-state index contributed by atoms with van der Waals surface area (Å²) in [4.78, 5) is 22.1. The third kappa shape index (κ3) is 6.15. The van der Waals surface area contributed by atoms with Crippen molar-refractivity contribution in [2.75, 3.05) is 26.2 Å². The topological polar surface area (TPSA) is 113 Å². The monoisotopic (exact) mass is 505 g/mol. The zero-order chi connectivity index (χ0) is 25.9. The molecular formula is C23H26F3N7O3. The van der Waals surface area contributed by atoms with Gasteiger partial charge in [-0.3, -0.25) is 9.69 Å². The van der Waals surface area contributed by atoms with Crippen molar-refractivity contribution in [3.05, 3.63) is 64.6 Å². The van der Waals surface area contributed by atoms with Crippen LogP contribution >= 0.6 is 0 Å². The van der Waals surface area contributed by atoms with Gasteiger partial charge in [0.05, 0.1) is 30.5 Å². The number of aryl methyl sites for hydroxylation is 2. The van der Waals surface area contributed by atoms with Crippen molar-refractivity contribution in [1.82, 2.24) is 35.0 Å². The number of piperazine rings is 1. The number of carbonyl (C=O) groups excluding carboxylic acids is 1. The second kappa shape index (κ2) is 10.6. The molecule has 1 unspecified atom stereocenters. The van der Waals surface area contributed by atoms with E-state index in [1.807, 2.05) is 0 Å². The number of hydrogen-bond donors (Lipinski definition) is 1. The summed E-state index contributed by atoms with van der Waals surface area (Å²) in [7, 11) is 0. The number of nitrogens with zero attached hydrogens (tertiary/aromatic N) is 7. The van der Waals surface area contributed by atoms with E-state index in [1.54, 1.807) is 25.0 Å². The average Bonchev–Trinajstić information content (AvgIpc) is 3.44. The molecule has 2 aromatic heterocycles. The normalized spacial score (nSPS) is 17.3. The Morgan fingerprint density at radius 2 is 2.06 bits per heavy atom. The molecule has 0 radical (unpaired) electrons. The van der Waals surface area contributed by atoms with Gasteiger partial charge in [-0.05, 0) is 41.5 Å². The van der Waals surface area contributed by atoms with Gasteiger partial charge in [0.1, 0.15) is 6.26 Å². The Bertz CT molecular complexity index is 1240. The van der Waals surface area contributed by atoms with Gasteiger partial charge >= 0.3 is 6.18 Å². The van der Waals surface area contributed by atoms with Crippen molar-refractivity contribution in [3.63, 3.8) is 0 Å². The van der Waals surface area contributed by atoms with E-state index in [0.717, 1.165) is 17.8 Å². The lowest BCUT2D eigenvalue weighted by atomic mass is 10.0. The molecule has 3 heterocycles. The zero-order valence-corrected chi connectivity index (χ0v) is 19.8. The predicted octanol–water partition coefficient (Wildman–Crippen LogP) is 2.06. The molecule has 1 atom stereocenters. The lowest BCUT2D eigenvalue weighted by Gasteiger charge is -2.40. The minimum Gasteiger partial charge on any atom is -0.449 e. The first kappa shape index (κ1) is 25.5. The largest absolute Gasteiger partial charge is 0.449 e. The molecule has 36 heavy (non-hydrogen) atoms. The average molecular weight is 506 g/mol. The van der Waals surface area contributed by atoms with Crippen molar-refractivity contribution in [3.8, 4) is 0 Å². The summed E-state index contributed by atoms with van der Waals surface area (Å²) in [5, 5.41) is 21.5. The second-order valence-corrected chi connectivity index (χ2v) is 8.57. The highest BCUT2D eigenvalue weighted by Gasteiger charge is 2.31. The SMILES string of the molecule is Cc1nnn(Cc2cc(C(F)(F)F)ccc2C=CC(=O)N2CCN(Cc3coc(C)n3)CC2CO)n1. The number of aliphatic hydroxyl groups is 1. The molecule has 0 spiro atoms. The van der Waals surface area contributed by atoms with E-state index >= 15 is 0 Å². The first-order chi connectivity index (χ1) is 17.1. The summed E-state index contributed by atoms with van der Waals surface area (Å²) in [5.41, 5.74) is 0.678. The Balaban J connectivity index is 1.48. The minimum absolute atomic E-state index is 0.0436. The van der Waals surface area contributed by atoms with Gasteiger partial charge in [-0.15, -0.1) is 10.2 Å². The molecule has 1 aromatic carbocycles. The molecule has 0 aliphatic carbocycles. The van der Waals surface area contributed by atoms with E-state index in [1.165, 1.54) is 23.0 Å². The summed E-state index contributed by atoms with van der Waals surface area (Å²) < 4.78 is 45.1. The van der Waals surface area contributed by atoms with Gasteiger partial charge < -0.3 is 14.4 Å². The number of benzene rings is 1. The molecule has 1 amide bonds. The van der Waals surface area contributed by atoms with E-state index in [2.05, 4.69) is 25.3 Å². The predicted molar refractivity (Wildman–Crippen MR) is 121 cm³/mol. The summed E-state index contributed by atoms with van der Waals surface area (Å²) in [6.45, 7) is 5.06. The molecule has 192 valence electrons. The number of halogens is 3. The van der Waals surface area contributed by atoms with E-state index in [4.69, 9.17) is 4.42 Å². The maximum Gasteiger partial charge on any atom is 0.416 e. The van der Waals surface area contributed by atoms with E-state index in [-0.39, 0.29) is 24.6 Å². The maximum atomic E-state index is 13.3. The Kier molecular flexibility index (Phi) is 7.50. The van der Waals surface area contributed by atoms with Crippen molar-refractivity contribution >= 4 is 12.0 Å². The number of rotatable bonds is 7. The summed E-state index contributed by atoms with van der Waals surface area (Å²) in [6, 6.07) is 2.86. The highest BCUT2D eigenvalue weighted by Crippen LogP contribution is 2.31. The lowest BCUT2D eigenvalue weighted by Crippen LogP contribution is -2.56. The smallest absolute Gasteiger partial charge is 0.416 e. The quantitative estimate of drug-likeness (QED) is 0.486. The highest BCUT2D eigenvalue weighted by atomic mass is 19.4. The fourth-order valence-corrected chi connectivity index (χ4v) is 4.10. The molecule has 0 saturated carbocycles. The Labute approximate surface area is 205 Å². The minimum atomic E-state index is -4.52.